The van der Waals surface area contributed by atoms with Gasteiger partial charge in [-0.3, -0.25) is 14.3 Å². The van der Waals surface area contributed by atoms with Gasteiger partial charge in [-0.15, -0.1) is 0 Å². The minimum absolute atomic E-state index is 0.0241. The Hall–Kier alpha value is -2.67. The van der Waals surface area contributed by atoms with Crippen LogP contribution in [0.1, 0.15) is 23.4 Å². The molecule has 2 aromatic rings. The van der Waals surface area contributed by atoms with Gasteiger partial charge < -0.3 is 14.5 Å². The Morgan fingerprint density at radius 3 is 2.71 bits per heavy atom. The molecule has 0 radical (unpaired) electrons. The minimum Gasteiger partial charge on any atom is -0.364 e. The van der Waals surface area contributed by atoms with E-state index in [1.807, 2.05) is 67.1 Å². The molecule has 0 aliphatic carbocycles. The van der Waals surface area contributed by atoms with E-state index in [4.69, 9.17) is 4.74 Å². The van der Waals surface area contributed by atoms with Gasteiger partial charge in [-0.2, -0.15) is 5.10 Å². The maximum Gasteiger partial charge on any atom is 0.249 e. The van der Waals surface area contributed by atoms with Crippen LogP contribution in [0.5, 0.6) is 0 Å². The van der Waals surface area contributed by atoms with Crippen molar-refractivity contribution >= 4 is 11.8 Å². The average Bonchev–Trinajstić information content (AvgIpc) is 3.02. The molecule has 28 heavy (non-hydrogen) atoms. The monoisotopic (exact) mass is 382 g/mol. The molecule has 2 saturated heterocycles. The lowest BCUT2D eigenvalue weighted by Gasteiger charge is -2.54. The second-order valence-electron chi connectivity index (χ2n) is 7.72. The minimum atomic E-state index is -0.536. The fourth-order valence-corrected chi connectivity index (χ4v) is 4.51. The van der Waals surface area contributed by atoms with Crippen molar-refractivity contribution in [1.29, 1.82) is 0 Å². The summed E-state index contributed by atoms with van der Waals surface area (Å²) in [4.78, 5) is 29.0. The summed E-state index contributed by atoms with van der Waals surface area (Å²) < 4.78 is 7.72. The van der Waals surface area contributed by atoms with Crippen molar-refractivity contribution in [3.63, 3.8) is 0 Å². The van der Waals surface area contributed by atoms with Crippen molar-refractivity contribution < 1.29 is 14.3 Å². The number of ether oxygens (including phenoxy) is 1. The number of rotatable bonds is 3. The molecule has 2 amide bonds. The molecule has 2 aliphatic rings. The fraction of sp³-hybridized carbons (Fsp3) is 0.476. The van der Waals surface area contributed by atoms with Gasteiger partial charge in [0.25, 0.3) is 0 Å². The van der Waals surface area contributed by atoms with Crippen LogP contribution in [-0.4, -0.2) is 64.2 Å². The summed E-state index contributed by atoms with van der Waals surface area (Å²) in [7, 11) is 1.85. The molecule has 0 unspecified atom stereocenters. The first-order valence-corrected chi connectivity index (χ1v) is 9.64. The van der Waals surface area contributed by atoms with E-state index in [-0.39, 0.29) is 31.1 Å². The summed E-state index contributed by atoms with van der Waals surface area (Å²) >= 11 is 0. The van der Waals surface area contributed by atoms with E-state index in [2.05, 4.69) is 5.10 Å². The summed E-state index contributed by atoms with van der Waals surface area (Å²) in [5.74, 6) is -0.00136. The van der Waals surface area contributed by atoms with Crippen LogP contribution in [-0.2, 0) is 26.4 Å². The van der Waals surface area contributed by atoms with Crippen molar-refractivity contribution in [2.24, 2.45) is 0 Å². The summed E-state index contributed by atoms with van der Waals surface area (Å²) in [6.45, 7) is 5.18. The highest BCUT2D eigenvalue weighted by Crippen LogP contribution is 2.42. The second-order valence-corrected chi connectivity index (χ2v) is 7.72. The number of fused-ring (bicyclic) bond motifs is 1. The van der Waals surface area contributed by atoms with Crippen molar-refractivity contribution in [2.45, 2.75) is 38.5 Å². The number of piperidine rings is 1. The van der Waals surface area contributed by atoms with E-state index in [0.29, 0.717) is 19.5 Å². The van der Waals surface area contributed by atoms with Gasteiger partial charge in [-0.1, -0.05) is 30.3 Å². The molecule has 0 spiro atoms. The van der Waals surface area contributed by atoms with E-state index in [9.17, 15) is 9.59 Å². The van der Waals surface area contributed by atoms with Crippen molar-refractivity contribution in [3.8, 4) is 0 Å². The van der Waals surface area contributed by atoms with Gasteiger partial charge in [0.05, 0.1) is 11.2 Å². The first-order chi connectivity index (χ1) is 13.4. The van der Waals surface area contributed by atoms with Gasteiger partial charge >= 0.3 is 0 Å². The van der Waals surface area contributed by atoms with Gasteiger partial charge in [0, 0.05) is 25.8 Å². The zero-order valence-electron chi connectivity index (χ0n) is 16.6. The molecule has 0 N–H and O–H groups in total. The number of morpholine rings is 1. The molecule has 0 saturated carbocycles. The smallest absolute Gasteiger partial charge is 0.249 e. The molecule has 0 bridgehead atoms. The van der Waals surface area contributed by atoms with Crippen LogP contribution < -0.4 is 0 Å². The third-order valence-electron chi connectivity index (χ3n) is 6.08. The normalized spacial score (nSPS) is 25.0. The summed E-state index contributed by atoms with van der Waals surface area (Å²) in [6.07, 6.45) is 0.392. The van der Waals surface area contributed by atoms with E-state index >= 15 is 0 Å². The molecule has 148 valence electrons. The first kappa shape index (κ1) is 18.7. The molecule has 1 aromatic carbocycles. The molecule has 4 rings (SSSR count). The van der Waals surface area contributed by atoms with Crippen LogP contribution >= 0.6 is 0 Å². The van der Waals surface area contributed by atoms with Crippen LogP contribution in [0, 0.1) is 13.8 Å². The number of hydrogen-bond donors (Lipinski definition) is 0. The van der Waals surface area contributed by atoms with Crippen LogP contribution in [0.15, 0.2) is 36.4 Å². The number of hydrogen-bond acceptors (Lipinski definition) is 4. The molecule has 2 fully saturated rings. The maximum absolute atomic E-state index is 12.9. The Balaban J connectivity index is 1.58. The predicted octanol–water partition coefficient (Wildman–Crippen LogP) is 1.48. The Kier molecular flexibility index (Phi) is 4.71. The van der Waals surface area contributed by atoms with Crippen molar-refractivity contribution in [2.75, 3.05) is 26.7 Å². The van der Waals surface area contributed by atoms with E-state index in [1.54, 1.807) is 4.68 Å². The van der Waals surface area contributed by atoms with Crippen molar-refractivity contribution in [3.05, 3.63) is 53.3 Å². The molecular weight excluding hydrogens is 356 g/mol. The molecule has 7 nitrogen and oxygen atoms in total. The van der Waals surface area contributed by atoms with Crippen LogP contribution in [0.3, 0.4) is 0 Å². The lowest BCUT2D eigenvalue weighted by molar-refractivity contribution is -0.184. The topological polar surface area (TPSA) is 67.7 Å². The van der Waals surface area contributed by atoms with Gasteiger partial charge in [0.2, 0.25) is 11.8 Å². The Bertz CT molecular complexity index is 894. The Morgan fingerprint density at radius 2 is 2.04 bits per heavy atom. The van der Waals surface area contributed by atoms with E-state index in [0.717, 1.165) is 17.0 Å². The van der Waals surface area contributed by atoms with Crippen LogP contribution in [0.4, 0.5) is 0 Å². The highest BCUT2D eigenvalue weighted by atomic mass is 16.5. The molecule has 2 aliphatic heterocycles. The maximum atomic E-state index is 12.9. The zero-order valence-corrected chi connectivity index (χ0v) is 16.6. The lowest BCUT2D eigenvalue weighted by atomic mass is 9.76. The highest BCUT2D eigenvalue weighted by Gasteiger charge is 2.53. The van der Waals surface area contributed by atoms with Crippen LogP contribution in [0.2, 0.25) is 0 Å². The largest absolute Gasteiger partial charge is 0.364 e. The van der Waals surface area contributed by atoms with E-state index in [1.165, 1.54) is 0 Å². The van der Waals surface area contributed by atoms with Crippen molar-refractivity contribution in [1.82, 2.24) is 19.6 Å². The highest BCUT2D eigenvalue weighted by molar-refractivity contribution is 5.80. The quantitative estimate of drug-likeness (QED) is 0.807. The molecule has 3 heterocycles. The van der Waals surface area contributed by atoms with Gasteiger partial charge in [-0.05, 0) is 31.9 Å². The Labute approximate surface area is 164 Å². The number of aromatic nitrogens is 2. The SMILES string of the molecule is Cc1cc(C)n(CC(=O)N2CC[C@]3(c4ccccc4)[C@@H](C2)OCC(=O)N3C)n1. The number of amides is 2. The van der Waals surface area contributed by atoms with Gasteiger partial charge in [0.1, 0.15) is 19.3 Å². The zero-order chi connectivity index (χ0) is 19.9. The average molecular weight is 382 g/mol. The second kappa shape index (κ2) is 7.05. The summed E-state index contributed by atoms with van der Waals surface area (Å²) in [5.41, 5.74) is 2.40. The van der Waals surface area contributed by atoms with Gasteiger partial charge in [-0.25, -0.2) is 0 Å². The predicted molar refractivity (Wildman–Crippen MR) is 104 cm³/mol. The number of nitrogens with zero attached hydrogens (tertiary/aromatic N) is 4. The molecule has 7 heteroatoms. The number of aryl methyl sites for hydroxylation is 2. The first-order valence-electron chi connectivity index (χ1n) is 9.64. The number of likely N-dealkylation sites (N-methyl/N-ethyl adjacent to an activating group) is 1. The Morgan fingerprint density at radius 1 is 1.29 bits per heavy atom. The third-order valence-corrected chi connectivity index (χ3v) is 6.08. The number of carbonyl (C=O) groups excluding carboxylic acids is 2. The molecule has 2 atom stereocenters. The third kappa shape index (κ3) is 2.99. The summed E-state index contributed by atoms with van der Waals surface area (Å²) in [6, 6.07) is 12.0. The standard InChI is InChI=1S/C21H26N4O3/c1-15-11-16(2)25(22-15)13-19(26)24-10-9-21(17-7-5-4-6-8-17)18(12-24)28-14-20(27)23(21)3/h4-8,11,18H,9-10,12-14H2,1-3H3/t18-,21+/m1/s1. The number of carbonyl (C=O) groups is 2. The fourth-order valence-electron chi connectivity index (χ4n) is 4.51. The molecular formula is C21H26N4O3. The lowest BCUT2D eigenvalue weighted by Crippen LogP contribution is -2.67. The number of benzene rings is 1. The molecule has 1 aromatic heterocycles. The number of likely N-dealkylation sites (tertiary alicyclic amines) is 1. The van der Waals surface area contributed by atoms with Gasteiger partial charge in [0.15, 0.2) is 0 Å². The van der Waals surface area contributed by atoms with Crippen LogP contribution in [0.25, 0.3) is 0 Å². The summed E-state index contributed by atoms with van der Waals surface area (Å²) in [5, 5.41) is 4.39. The van der Waals surface area contributed by atoms with E-state index < -0.39 is 5.54 Å².